The molecule has 0 saturated heterocycles. The van der Waals surface area contributed by atoms with E-state index in [2.05, 4.69) is 10.1 Å². The first-order valence-corrected chi connectivity index (χ1v) is 5.96. The molecule has 0 fully saturated rings. The minimum atomic E-state index is 0.474. The molecule has 0 radical (unpaired) electrons. The van der Waals surface area contributed by atoms with Crippen LogP contribution >= 0.6 is 23.2 Å². The lowest BCUT2D eigenvalue weighted by Gasteiger charge is -2.06. The van der Waals surface area contributed by atoms with Crippen LogP contribution in [0.2, 0.25) is 10.0 Å². The number of hydrogen-bond donors (Lipinski definition) is 1. The molecule has 0 saturated carbocycles. The number of nitrogens with two attached hydrogens (primary N) is 1. The first-order chi connectivity index (χ1) is 8.13. The van der Waals surface area contributed by atoms with E-state index in [1.54, 1.807) is 10.7 Å². The van der Waals surface area contributed by atoms with Crippen molar-refractivity contribution in [2.75, 3.05) is 6.54 Å². The van der Waals surface area contributed by atoms with Crippen molar-refractivity contribution in [3.63, 3.8) is 0 Å². The van der Waals surface area contributed by atoms with Crippen LogP contribution in [0.1, 0.15) is 11.6 Å². The van der Waals surface area contributed by atoms with Crippen LogP contribution in [-0.2, 0) is 6.42 Å². The highest BCUT2D eigenvalue weighted by Crippen LogP contribution is 2.28. The second-order valence-corrected chi connectivity index (χ2v) is 4.38. The molecule has 2 N–H and O–H groups in total. The van der Waals surface area contributed by atoms with E-state index in [9.17, 15) is 0 Å². The summed E-state index contributed by atoms with van der Waals surface area (Å²) in [5.74, 6) is 1.47. The van der Waals surface area contributed by atoms with Crippen molar-refractivity contribution < 1.29 is 0 Å². The highest BCUT2D eigenvalue weighted by molar-refractivity contribution is 6.43. The van der Waals surface area contributed by atoms with Gasteiger partial charge < -0.3 is 5.73 Å². The standard InChI is InChI=1S/C11H12Cl2N4/c1-7-15-10(5-6-14)16-17(7)9-4-2-3-8(12)11(9)13/h2-4H,5-6,14H2,1H3. The second kappa shape index (κ2) is 5.04. The third-order valence-electron chi connectivity index (χ3n) is 2.34. The van der Waals surface area contributed by atoms with Crippen LogP contribution in [-0.4, -0.2) is 21.3 Å². The molecule has 6 heteroatoms. The molecule has 0 atom stereocenters. The minimum absolute atomic E-state index is 0.474. The topological polar surface area (TPSA) is 56.7 Å². The average Bonchev–Trinajstić information content (AvgIpc) is 2.64. The number of rotatable bonds is 3. The van der Waals surface area contributed by atoms with Gasteiger partial charge in [0.15, 0.2) is 5.82 Å². The van der Waals surface area contributed by atoms with Gasteiger partial charge in [0.05, 0.1) is 15.7 Å². The molecular weight excluding hydrogens is 259 g/mol. The van der Waals surface area contributed by atoms with E-state index in [0.717, 1.165) is 11.5 Å². The molecule has 4 nitrogen and oxygen atoms in total. The lowest BCUT2D eigenvalue weighted by molar-refractivity contribution is 0.804. The number of nitrogens with zero attached hydrogens (tertiary/aromatic N) is 3. The zero-order valence-electron chi connectivity index (χ0n) is 9.32. The highest BCUT2D eigenvalue weighted by Gasteiger charge is 2.12. The van der Waals surface area contributed by atoms with Gasteiger partial charge in [0.25, 0.3) is 0 Å². The summed E-state index contributed by atoms with van der Waals surface area (Å²) < 4.78 is 1.68. The fraction of sp³-hybridized carbons (Fsp3) is 0.273. The first kappa shape index (κ1) is 12.4. The van der Waals surface area contributed by atoms with Gasteiger partial charge in [0.1, 0.15) is 5.82 Å². The summed E-state index contributed by atoms with van der Waals surface area (Å²) in [7, 11) is 0. The van der Waals surface area contributed by atoms with E-state index in [1.807, 2.05) is 19.1 Å². The summed E-state index contributed by atoms with van der Waals surface area (Å²) in [4.78, 5) is 4.32. The number of aromatic nitrogens is 3. The van der Waals surface area contributed by atoms with Crippen LogP contribution in [0, 0.1) is 6.92 Å². The van der Waals surface area contributed by atoms with E-state index in [0.29, 0.717) is 28.8 Å². The summed E-state index contributed by atoms with van der Waals surface area (Å²) in [6, 6.07) is 5.41. The van der Waals surface area contributed by atoms with Gasteiger partial charge in [-0.1, -0.05) is 29.3 Å². The molecule has 0 unspecified atom stereocenters. The fourth-order valence-corrected chi connectivity index (χ4v) is 1.94. The van der Waals surface area contributed by atoms with Crippen LogP contribution < -0.4 is 5.73 Å². The second-order valence-electron chi connectivity index (χ2n) is 3.60. The summed E-state index contributed by atoms with van der Waals surface area (Å²) >= 11 is 12.1. The molecule has 2 rings (SSSR count). The monoisotopic (exact) mass is 270 g/mol. The molecule has 0 aliphatic rings. The van der Waals surface area contributed by atoms with E-state index in [-0.39, 0.29) is 0 Å². The van der Waals surface area contributed by atoms with Gasteiger partial charge in [-0.3, -0.25) is 0 Å². The lowest BCUT2D eigenvalue weighted by Crippen LogP contribution is -2.05. The molecule has 90 valence electrons. The van der Waals surface area contributed by atoms with Crippen molar-refractivity contribution >= 4 is 23.2 Å². The van der Waals surface area contributed by atoms with Crippen molar-refractivity contribution in [2.45, 2.75) is 13.3 Å². The zero-order chi connectivity index (χ0) is 12.4. The predicted octanol–water partition coefficient (Wildman–Crippen LogP) is 2.38. The Kier molecular flexibility index (Phi) is 3.66. The van der Waals surface area contributed by atoms with Crippen LogP contribution in [0.4, 0.5) is 0 Å². The molecular formula is C11H12Cl2N4. The molecule has 1 aromatic heterocycles. The Morgan fingerprint density at radius 2 is 2.12 bits per heavy atom. The van der Waals surface area contributed by atoms with Gasteiger partial charge >= 0.3 is 0 Å². The minimum Gasteiger partial charge on any atom is -0.330 e. The zero-order valence-corrected chi connectivity index (χ0v) is 10.8. The van der Waals surface area contributed by atoms with Crippen molar-refractivity contribution in [3.05, 3.63) is 39.9 Å². The van der Waals surface area contributed by atoms with Crippen LogP contribution in [0.5, 0.6) is 0 Å². The Morgan fingerprint density at radius 3 is 2.82 bits per heavy atom. The third-order valence-corrected chi connectivity index (χ3v) is 3.15. The van der Waals surface area contributed by atoms with Gasteiger partial charge in [-0.05, 0) is 25.6 Å². The lowest BCUT2D eigenvalue weighted by atomic mass is 10.3. The molecule has 17 heavy (non-hydrogen) atoms. The van der Waals surface area contributed by atoms with Gasteiger partial charge in [-0.25, -0.2) is 9.67 Å². The van der Waals surface area contributed by atoms with E-state index in [1.165, 1.54) is 0 Å². The maximum Gasteiger partial charge on any atom is 0.152 e. The van der Waals surface area contributed by atoms with Crippen molar-refractivity contribution in [2.24, 2.45) is 5.73 Å². The Bertz CT molecular complexity index is 536. The predicted molar refractivity (Wildman–Crippen MR) is 68.9 cm³/mol. The SMILES string of the molecule is Cc1nc(CCN)nn1-c1cccc(Cl)c1Cl. The largest absolute Gasteiger partial charge is 0.330 e. The van der Waals surface area contributed by atoms with E-state index < -0.39 is 0 Å². The highest BCUT2D eigenvalue weighted by atomic mass is 35.5. The number of aryl methyl sites for hydroxylation is 1. The van der Waals surface area contributed by atoms with Gasteiger partial charge in [-0.2, -0.15) is 5.10 Å². The van der Waals surface area contributed by atoms with Crippen LogP contribution in [0.25, 0.3) is 5.69 Å². The Morgan fingerprint density at radius 1 is 1.35 bits per heavy atom. The molecule has 0 spiro atoms. The quantitative estimate of drug-likeness (QED) is 0.932. The van der Waals surface area contributed by atoms with Crippen molar-refractivity contribution in [1.29, 1.82) is 0 Å². The number of hydrogen-bond acceptors (Lipinski definition) is 3. The molecule has 0 aliphatic heterocycles. The molecule has 1 aromatic carbocycles. The van der Waals surface area contributed by atoms with Gasteiger partial charge in [0.2, 0.25) is 0 Å². The molecule has 0 bridgehead atoms. The van der Waals surface area contributed by atoms with Crippen molar-refractivity contribution in [1.82, 2.24) is 14.8 Å². The van der Waals surface area contributed by atoms with E-state index >= 15 is 0 Å². The Hall–Kier alpha value is -1.10. The molecule has 2 aromatic rings. The molecule has 0 amide bonds. The Labute approximate surface area is 109 Å². The molecule has 0 aliphatic carbocycles. The summed E-state index contributed by atoms with van der Waals surface area (Å²) in [6.07, 6.45) is 0.645. The normalized spacial score (nSPS) is 10.8. The third kappa shape index (κ3) is 2.44. The smallest absolute Gasteiger partial charge is 0.152 e. The summed E-state index contributed by atoms with van der Waals surface area (Å²) in [5, 5.41) is 5.33. The number of halogens is 2. The average molecular weight is 271 g/mol. The summed E-state index contributed by atoms with van der Waals surface area (Å²) in [6.45, 7) is 2.39. The van der Waals surface area contributed by atoms with Gasteiger partial charge in [0, 0.05) is 6.42 Å². The van der Waals surface area contributed by atoms with Crippen LogP contribution in [0.15, 0.2) is 18.2 Å². The maximum absolute atomic E-state index is 6.14. The van der Waals surface area contributed by atoms with Crippen molar-refractivity contribution in [3.8, 4) is 5.69 Å². The van der Waals surface area contributed by atoms with Crippen LogP contribution in [0.3, 0.4) is 0 Å². The Balaban J connectivity index is 2.49. The summed E-state index contributed by atoms with van der Waals surface area (Å²) in [5.41, 5.74) is 6.21. The van der Waals surface area contributed by atoms with E-state index in [4.69, 9.17) is 28.9 Å². The fourth-order valence-electron chi connectivity index (χ4n) is 1.56. The van der Waals surface area contributed by atoms with Gasteiger partial charge in [-0.15, -0.1) is 0 Å². The first-order valence-electron chi connectivity index (χ1n) is 5.20. The maximum atomic E-state index is 6.14. The number of benzene rings is 1. The molecule has 1 heterocycles.